The quantitative estimate of drug-likeness (QED) is 0.812. The third kappa shape index (κ3) is 4.56. The van der Waals surface area contributed by atoms with Crippen LogP contribution in [0.1, 0.15) is 30.8 Å². The number of hydrogen-bond donors (Lipinski definition) is 1. The molecule has 1 aromatic heterocycles. The minimum atomic E-state index is -0.322. The van der Waals surface area contributed by atoms with E-state index in [9.17, 15) is 4.79 Å². The van der Waals surface area contributed by atoms with Crippen molar-refractivity contribution in [1.82, 2.24) is 9.80 Å². The summed E-state index contributed by atoms with van der Waals surface area (Å²) in [6.07, 6.45) is 1.31. The maximum absolute atomic E-state index is 11.4. The number of likely N-dealkylation sites (N-methyl/N-ethyl adjacent to an activating group) is 1. The molecule has 2 aliphatic rings. The lowest BCUT2D eigenvalue weighted by Gasteiger charge is -2.33. The first kappa shape index (κ1) is 16.5. The summed E-state index contributed by atoms with van der Waals surface area (Å²) >= 11 is 0. The van der Waals surface area contributed by atoms with Crippen LogP contribution >= 0.6 is 0 Å². The summed E-state index contributed by atoms with van der Waals surface area (Å²) < 4.78 is 11.8. The summed E-state index contributed by atoms with van der Waals surface area (Å²) in [4.78, 5) is 15.6. The molecule has 3 rings (SSSR count). The molecule has 1 aromatic rings. The zero-order valence-electron chi connectivity index (χ0n) is 14.0. The average molecular weight is 321 g/mol. The van der Waals surface area contributed by atoms with Gasteiger partial charge in [-0.05, 0) is 31.5 Å². The van der Waals surface area contributed by atoms with Crippen LogP contribution in [0.25, 0.3) is 0 Å². The predicted octanol–water partition coefficient (Wildman–Crippen LogP) is 1.02. The van der Waals surface area contributed by atoms with Crippen LogP contribution < -0.4 is 5.73 Å². The fourth-order valence-electron chi connectivity index (χ4n) is 3.29. The number of furan rings is 1. The van der Waals surface area contributed by atoms with Crippen LogP contribution in [0, 0.1) is 5.92 Å². The summed E-state index contributed by atoms with van der Waals surface area (Å²) in [6, 6.07) is 4.08. The highest BCUT2D eigenvalue weighted by Crippen LogP contribution is 2.47. The Morgan fingerprint density at radius 1 is 1.48 bits per heavy atom. The fourth-order valence-corrected chi connectivity index (χ4v) is 3.29. The van der Waals surface area contributed by atoms with Crippen molar-refractivity contribution in [2.45, 2.75) is 31.9 Å². The SMILES string of the molecule is C[C@@H]1C[C@H]1c1ccc(CN(CC(N)=O)C[C@@H]2CN(C)CCO2)o1. The van der Waals surface area contributed by atoms with Crippen LogP contribution in [0.3, 0.4) is 0 Å². The number of morpholine rings is 1. The van der Waals surface area contributed by atoms with Crippen molar-refractivity contribution in [3.05, 3.63) is 23.7 Å². The summed E-state index contributed by atoms with van der Waals surface area (Å²) in [6.45, 7) is 6.29. The zero-order valence-corrected chi connectivity index (χ0v) is 14.0. The van der Waals surface area contributed by atoms with Gasteiger partial charge in [0.1, 0.15) is 11.5 Å². The number of nitrogens with zero attached hydrogens (tertiary/aromatic N) is 2. The molecular weight excluding hydrogens is 294 g/mol. The number of primary amides is 1. The van der Waals surface area contributed by atoms with E-state index in [0.29, 0.717) is 19.0 Å². The number of ether oxygens (including phenoxy) is 1. The Bertz CT molecular complexity index is 545. The summed E-state index contributed by atoms with van der Waals surface area (Å²) in [5.41, 5.74) is 5.40. The smallest absolute Gasteiger partial charge is 0.231 e. The summed E-state index contributed by atoms with van der Waals surface area (Å²) in [7, 11) is 2.09. The van der Waals surface area contributed by atoms with Gasteiger partial charge in [-0.2, -0.15) is 0 Å². The van der Waals surface area contributed by atoms with E-state index in [4.69, 9.17) is 14.9 Å². The molecule has 0 aromatic carbocycles. The lowest BCUT2D eigenvalue weighted by Crippen LogP contribution is -2.47. The Kier molecular flexibility index (Phi) is 5.04. The highest BCUT2D eigenvalue weighted by atomic mass is 16.5. The van der Waals surface area contributed by atoms with Crippen molar-refractivity contribution in [2.75, 3.05) is 39.8 Å². The molecule has 128 valence electrons. The van der Waals surface area contributed by atoms with Crippen molar-refractivity contribution < 1.29 is 13.9 Å². The molecule has 3 atom stereocenters. The van der Waals surface area contributed by atoms with E-state index in [2.05, 4.69) is 24.9 Å². The minimum absolute atomic E-state index is 0.103. The predicted molar refractivity (Wildman–Crippen MR) is 86.9 cm³/mol. The molecule has 6 heteroatoms. The second kappa shape index (κ2) is 7.03. The highest BCUT2D eigenvalue weighted by molar-refractivity contribution is 5.75. The van der Waals surface area contributed by atoms with Gasteiger partial charge in [0, 0.05) is 25.6 Å². The molecule has 0 unspecified atom stereocenters. The molecule has 6 nitrogen and oxygen atoms in total. The number of amides is 1. The van der Waals surface area contributed by atoms with E-state index in [1.807, 2.05) is 11.0 Å². The van der Waals surface area contributed by atoms with Crippen LogP contribution in [0.5, 0.6) is 0 Å². The molecule has 2 heterocycles. The minimum Gasteiger partial charge on any atom is -0.464 e. The number of hydrogen-bond acceptors (Lipinski definition) is 5. The average Bonchev–Trinajstić information content (AvgIpc) is 3.02. The topological polar surface area (TPSA) is 71.9 Å². The normalized spacial score (nSPS) is 28.2. The highest BCUT2D eigenvalue weighted by Gasteiger charge is 2.36. The van der Waals surface area contributed by atoms with Gasteiger partial charge in [-0.15, -0.1) is 0 Å². The Morgan fingerprint density at radius 2 is 2.26 bits per heavy atom. The van der Waals surface area contributed by atoms with Crippen LogP contribution in [0.15, 0.2) is 16.5 Å². The Morgan fingerprint density at radius 3 is 2.91 bits per heavy atom. The van der Waals surface area contributed by atoms with E-state index in [0.717, 1.165) is 37.1 Å². The van der Waals surface area contributed by atoms with Gasteiger partial charge in [0.2, 0.25) is 5.91 Å². The second-order valence-electron chi connectivity index (χ2n) is 7.01. The van der Waals surface area contributed by atoms with Crippen molar-refractivity contribution in [3.63, 3.8) is 0 Å². The third-order valence-electron chi connectivity index (χ3n) is 4.72. The number of carbonyl (C=O) groups excluding carboxylic acids is 1. The zero-order chi connectivity index (χ0) is 16.4. The van der Waals surface area contributed by atoms with E-state index in [1.54, 1.807) is 0 Å². The molecular formula is C17H27N3O3. The maximum atomic E-state index is 11.4. The Labute approximate surface area is 137 Å². The molecule has 1 aliphatic heterocycles. The van der Waals surface area contributed by atoms with Crippen molar-refractivity contribution in [1.29, 1.82) is 0 Å². The van der Waals surface area contributed by atoms with Gasteiger partial charge in [-0.3, -0.25) is 9.69 Å². The third-order valence-corrected chi connectivity index (χ3v) is 4.72. The number of nitrogens with two attached hydrogens (primary N) is 1. The van der Waals surface area contributed by atoms with Gasteiger partial charge in [0.15, 0.2) is 0 Å². The first-order chi connectivity index (χ1) is 11.0. The van der Waals surface area contributed by atoms with Crippen molar-refractivity contribution in [3.8, 4) is 0 Å². The molecule has 0 radical (unpaired) electrons. The van der Waals surface area contributed by atoms with E-state index in [-0.39, 0.29) is 18.6 Å². The lowest BCUT2D eigenvalue weighted by molar-refractivity contribution is -0.120. The molecule has 0 spiro atoms. The summed E-state index contributed by atoms with van der Waals surface area (Å²) in [5.74, 6) is 2.94. The molecule has 1 aliphatic carbocycles. The standard InChI is InChI=1S/C17H27N3O3/c1-12-7-15(12)16-4-3-13(23-16)9-20(11-17(18)21)10-14-8-19(2)5-6-22-14/h3-4,12,14-15H,5-11H2,1-2H3,(H2,18,21)/t12-,14+,15-/m1/s1. The number of rotatable bonds is 7. The van der Waals surface area contributed by atoms with Crippen molar-refractivity contribution in [2.24, 2.45) is 11.7 Å². The molecule has 2 fully saturated rings. The van der Waals surface area contributed by atoms with Gasteiger partial charge in [-0.1, -0.05) is 6.92 Å². The largest absolute Gasteiger partial charge is 0.464 e. The van der Waals surface area contributed by atoms with Crippen LogP contribution in [0.2, 0.25) is 0 Å². The van der Waals surface area contributed by atoms with Crippen LogP contribution in [-0.4, -0.2) is 61.6 Å². The van der Waals surface area contributed by atoms with Gasteiger partial charge in [0.05, 0.1) is 25.8 Å². The molecule has 0 bridgehead atoms. The first-order valence-corrected chi connectivity index (χ1v) is 8.40. The van der Waals surface area contributed by atoms with E-state index in [1.165, 1.54) is 6.42 Å². The van der Waals surface area contributed by atoms with E-state index >= 15 is 0 Å². The fraction of sp³-hybridized carbons (Fsp3) is 0.706. The second-order valence-corrected chi connectivity index (χ2v) is 7.01. The molecule has 23 heavy (non-hydrogen) atoms. The molecule has 1 amide bonds. The van der Waals surface area contributed by atoms with Gasteiger partial charge in [0.25, 0.3) is 0 Å². The monoisotopic (exact) mass is 321 g/mol. The first-order valence-electron chi connectivity index (χ1n) is 8.40. The van der Waals surface area contributed by atoms with E-state index < -0.39 is 0 Å². The lowest BCUT2D eigenvalue weighted by atomic mass is 10.2. The van der Waals surface area contributed by atoms with Gasteiger partial charge < -0.3 is 19.8 Å². The molecule has 1 saturated carbocycles. The summed E-state index contributed by atoms with van der Waals surface area (Å²) in [5, 5.41) is 0. The molecule has 2 N–H and O–H groups in total. The molecule has 1 saturated heterocycles. The Balaban J connectivity index is 1.59. The number of carbonyl (C=O) groups is 1. The van der Waals surface area contributed by atoms with Gasteiger partial charge >= 0.3 is 0 Å². The van der Waals surface area contributed by atoms with Crippen molar-refractivity contribution >= 4 is 5.91 Å². The van der Waals surface area contributed by atoms with Crippen LogP contribution in [0.4, 0.5) is 0 Å². The maximum Gasteiger partial charge on any atom is 0.231 e. The van der Waals surface area contributed by atoms with Gasteiger partial charge in [-0.25, -0.2) is 0 Å². The van der Waals surface area contributed by atoms with Crippen LogP contribution in [-0.2, 0) is 16.1 Å². The Hall–Kier alpha value is -1.37.